The molecule has 12 heteroatoms. The summed E-state index contributed by atoms with van der Waals surface area (Å²) in [5.41, 5.74) is -3.06. The Morgan fingerprint density at radius 3 is 1.70 bits per heavy atom. The molecule has 0 saturated carbocycles. The third-order valence-corrected chi connectivity index (χ3v) is 5.10. The van der Waals surface area contributed by atoms with Crippen molar-refractivity contribution in [1.29, 1.82) is 10.5 Å². The first-order valence-electron chi connectivity index (χ1n) is 8.57. The number of hydrogen-bond donors (Lipinski definition) is 0. The minimum atomic E-state index is -1.51. The summed E-state index contributed by atoms with van der Waals surface area (Å²) >= 11 is 17.5. The van der Waals surface area contributed by atoms with Gasteiger partial charge < -0.3 is 0 Å². The van der Waals surface area contributed by atoms with E-state index in [1.54, 1.807) is 12.1 Å². The van der Waals surface area contributed by atoms with Gasteiger partial charge in [-0.3, -0.25) is 9.59 Å². The summed E-state index contributed by atoms with van der Waals surface area (Å²) in [4.78, 5) is 30.1. The minimum Gasteiger partial charge on any atom is -0.268 e. The normalized spacial score (nSPS) is 10.3. The van der Waals surface area contributed by atoms with Crippen LogP contribution in [0.5, 0.6) is 0 Å². The molecule has 3 aromatic rings. The van der Waals surface area contributed by atoms with Gasteiger partial charge in [0.25, 0.3) is 11.8 Å². The summed E-state index contributed by atoms with van der Waals surface area (Å²) in [6.07, 6.45) is 0.946. The van der Waals surface area contributed by atoms with Crippen molar-refractivity contribution in [3.05, 3.63) is 91.4 Å². The monoisotopic (exact) mass is 508 g/mol. The van der Waals surface area contributed by atoms with Crippen LogP contribution in [0.4, 0.5) is 18.9 Å². The number of aromatic nitrogens is 1. The zero-order chi connectivity index (χ0) is 24.4. The Balaban J connectivity index is 2.29. The zero-order valence-corrected chi connectivity index (χ0v) is 18.1. The number of nitriles is 2. The molecule has 0 aliphatic heterocycles. The van der Waals surface area contributed by atoms with Crippen LogP contribution in [-0.2, 0) is 0 Å². The quantitative estimate of drug-likeness (QED) is 0.334. The molecule has 0 aliphatic carbocycles. The maximum Gasteiger partial charge on any atom is 0.269 e. The topological polar surface area (TPSA) is 97.9 Å². The second kappa shape index (κ2) is 9.47. The third-order valence-electron chi connectivity index (χ3n) is 4.24. The number of carbonyl (C=O) groups excluding carboxylic acids is 2. The number of nitrogens with zero attached hydrogens (tertiary/aromatic N) is 4. The molecule has 3 rings (SSSR count). The van der Waals surface area contributed by atoms with Crippen molar-refractivity contribution >= 4 is 52.3 Å². The van der Waals surface area contributed by atoms with Gasteiger partial charge in [0.2, 0.25) is 0 Å². The second-order valence-electron chi connectivity index (χ2n) is 6.23. The van der Waals surface area contributed by atoms with E-state index in [1.807, 2.05) is 0 Å². The molecule has 164 valence electrons. The van der Waals surface area contributed by atoms with E-state index in [0.717, 1.165) is 24.4 Å². The Bertz CT molecular complexity index is 1290. The molecule has 0 saturated heterocycles. The lowest BCUT2D eigenvalue weighted by Gasteiger charge is -2.23. The van der Waals surface area contributed by atoms with E-state index >= 15 is 0 Å². The van der Waals surface area contributed by atoms with E-state index in [0.29, 0.717) is 12.1 Å². The molecule has 33 heavy (non-hydrogen) atoms. The molecule has 0 fully saturated rings. The average molecular weight is 510 g/mol. The molecule has 0 N–H and O–H groups in total. The summed E-state index contributed by atoms with van der Waals surface area (Å²) in [6.45, 7) is 0. The Morgan fingerprint density at radius 1 is 0.848 bits per heavy atom. The molecule has 0 spiro atoms. The van der Waals surface area contributed by atoms with Crippen LogP contribution in [0.2, 0.25) is 15.2 Å². The van der Waals surface area contributed by atoms with E-state index in [2.05, 4.69) is 4.98 Å². The maximum absolute atomic E-state index is 14.8. The number of halogens is 6. The van der Waals surface area contributed by atoms with Crippen LogP contribution in [0, 0.1) is 40.1 Å². The van der Waals surface area contributed by atoms with Gasteiger partial charge in [0.05, 0.1) is 50.1 Å². The first kappa shape index (κ1) is 24.0. The molecular formula is C21H6Cl3F3N4O2. The first-order chi connectivity index (χ1) is 15.6. The number of rotatable bonds is 3. The van der Waals surface area contributed by atoms with Gasteiger partial charge in [0, 0.05) is 6.20 Å². The van der Waals surface area contributed by atoms with Gasteiger partial charge >= 0.3 is 0 Å². The number of amides is 2. The van der Waals surface area contributed by atoms with Crippen LogP contribution in [0.15, 0.2) is 36.5 Å². The molecule has 1 aromatic heterocycles. The van der Waals surface area contributed by atoms with Crippen molar-refractivity contribution in [3.63, 3.8) is 0 Å². The van der Waals surface area contributed by atoms with Crippen molar-refractivity contribution in [2.24, 2.45) is 0 Å². The highest BCUT2D eigenvalue weighted by atomic mass is 35.5. The molecule has 1 heterocycles. The summed E-state index contributed by atoms with van der Waals surface area (Å²) in [5, 5.41) is 16.0. The van der Waals surface area contributed by atoms with Gasteiger partial charge in [-0.1, -0.05) is 34.8 Å². The minimum absolute atomic E-state index is 0.0789. The zero-order valence-electron chi connectivity index (χ0n) is 15.8. The SMILES string of the molecule is N#Cc1cc(F)c(C(=O)N(C(=O)c2c(F)cc(C#N)cc2Cl)c2ccnc(Cl)c2F)c(Cl)c1. The highest BCUT2D eigenvalue weighted by molar-refractivity contribution is 6.39. The van der Waals surface area contributed by atoms with E-state index in [4.69, 9.17) is 45.3 Å². The Morgan fingerprint density at radius 2 is 1.30 bits per heavy atom. The summed E-state index contributed by atoms with van der Waals surface area (Å²) < 4.78 is 44.1. The van der Waals surface area contributed by atoms with E-state index in [-0.39, 0.29) is 16.0 Å². The second-order valence-corrected chi connectivity index (χ2v) is 7.41. The van der Waals surface area contributed by atoms with E-state index in [9.17, 15) is 22.8 Å². The molecule has 0 atom stereocenters. The molecule has 6 nitrogen and oxygen atoms in total. The standard InChI is InChI=1S/C21H6Cl3F3N4O2/c22-11-3-9(7-28)5-13(25)16(11)20(32)31(15-1-2-30-19(24)18(15)27)21(33)17-12(23)4-10(8-29)6-14(17)26/h1-6H. The van der Waals surface area contributed by atoms with Crippen molar-refractivity contribution in [3.8, 4) is 12.1 Å². The molecule has 0 radical (unpaired) electrons. The fraction of sp³-hybridized carbons (Fsp3) is 0. The average Bonchev–Trinajstić information content (AvgIpc) is 2.75. The number of benzene rings is 2. The van der Waals surface area contributed by atoms with Gasteiger partial charge in [-0.05, 0) is 30.3 Å². The largest absolute Gasteiger partial charge is 0.269 e. The molecular weight excluding hydrogens is 504 g/mol. The van der Waals surface area contributed by atoms with Crippen molar-refractivity contribution in [1.82, 2.24) is 4.98 Å². The van der Waals surface area contributed by atoms with Crippen LogP contribution in [0.3, 0.4) is 0 Å². The Labute approximate surface area is 198 Å². The van der Waals surface area contributed by atoms with Gasteiger partial charge in [-0.2, -0.15) is 10.5 Å². The molecule has 0 aliphatic rings. The smallest absolute Gasteiger partial charge is 0.268 e. The van der Waals surface area contributed by atoms with Crippen molar-refractivity contribution in [2.75, 3.05) is 4.90 Å². The summed E-state index contributed by atoms with van der Waals surface area (Å²) in [7, 11) is 0. The van der Waals surface area contributed by atoms with Crippen LogP contribution in [-0.4, -0.2) is 16.8 Å². The Hall–Kier alpha value is -3.63. The highest BCUT2D eigenvalue weighted by Crippen LogP contribution is 2.32. The lowest BCUT2D eigenvalue weighted by molar-refractivity contribution is 0.0892. The predicted octanol–water partition coefficient (Wildman–Crippen LogP) is 5.69. The number of hydrogen-bond acceptors (Lipinski definition) is 5. The summed E-state index contributed by atoms with van der Waals surface area (Å²) in [6, 6.07) is 7.37. The number of pyridine rings is 1. The number of carbonyl (C=O) groups is 2. The lowest BCUT2D eigenvalue weighted by Crippen LogP contribution is -2.39. The molecule has 0 bridgehead atoms. The van der Waals surface area contributed by atoms with Crippen LogP contribution < -0.4 is 4.90 Å². The molecule has 2 amide bonds. The van der Waals surface area contributed by atoms with Crippen molar-refractivity contribution in [2.45, 2.75) is 0 Å². The van der Waals surface area contributed by atoms with Gasteiger partial charge in [0.15, 0.2) is 11.0 Å². The number of anilines is 1. The van der Waals surface area contributed by atoms with Gasteiger partial charge in [-0.15, -0.1) is 0 Å². The fourth-order valence-electron chi connectivity index (χ4n) is 2.80. The van der Waals surface area contributed by atoms with E-state index in [1.165, 1.54) is 0 Å². The van der Waals surface area contributed by atoms with Crippen molar-refractivity contribution < 1.29 is 22.8 Å². The molecule has 2 aromatic carbocycles. The first-order valence-corrected chi connectivity index (χ1v) is 9.71. The van der Waals surface area contributed by atoms with Crippen LogP contribution in [0.25, 0.3) is 0 Å². The number of imide groups is 1. The van der Waals surface area contributed by atoms with Gasteiger partial charge in [0.1, 0.15) is 11.6 Å². The summed E-state index contributed by atoms with van der Waals surface area (Å²) in [5.74, 6) is -6.96. The van der Waals surface area contributed by atoms with Gasteiger partial charge in [-0.25, -0.2) is 23.1 Å². The fourth-order valence-corrected chi connectivity index (χ4v) is 3.53. The van der Waals surface area contributed by atoms with Crippen LogP contribution >= 0.6 is 34.8 Å². The maximum atomic E-state index is 14.8. The predicted molar refractivity (Wildman–Crippen MR) is 113 cm³/mol. The lowest BCUT2D eigenvalue weighted by atomic mass is 10.1. The highest BCUT2D eigenvalue weighted by Gasteiger charge is 2.35. The van der Waals surface area contributed by atoms with E-state index < -0.39 is 61.3 Å². The Kier molecular flexibility index (Phi) is 6.89. The molecule has 0 unspecified atom stereocenters. The van der Waals surface area contributed by atoms with Crippen LogP contribution in [0.1, 0.15) is 31.8 Å². The third kappa shape index (κ3) is 4.48.